The molecule has 1 radical (unpaired) electrons. The van der Waals surface area contributed by atoms with Crippen molar-refractivity contribution in [2.24, 2.45) is 0 Å². The molecular weight excluding hydrogens is 140 g/mol. The second-order valence-electron chi connectivity index (χ2n) is 2.01. The zero-order valence-electron chi connectivity index (χ0n) is 5.95. The molecule has 0 unspecified atom stereocenters. The third-order valence-corrected chi connectivity index (χ3v) is 1.21. The summed E-state index contributed by atoms with van der Waals surface area (Å²) in [5.41, 5.74) is 1.31. The molecule has 11 heavy (non-hydrogen) atoms. The Morgan fingerprint density at radius 2 is 2.55 bits per heavy atom. The molecule has 0 aliphatic rings. The van der Waals surface area contributed by atoms with Crippen LogP contribution in [-0.2, 0) is 11.3 Å². The molecule has 0 aliphatic heterocycles. The van der Waals surface area contributed by atoms with Gasteiger partial charge in [-0.3, -0.25) is 0 Å². The van der Waals surface area contributed by atoms with Gasteiger partial charge >= 0.3 is 0 Å². The summed E-state index contributed by atoms with van der Waals surface area (Å²) in [5, 5.41) is 8.46. The van der Waals surface area contributed by atoms with Gasteiger partial charge in [0.15, 0.2) is 0 Å². The Kier molecular flexibility index (Phi) is 2.59. The molecular formula is C8H7N2O. The highest BCUT2D eigenvalue weighted by Gasteiger charge is 1.93. The number of hydrogen-bond donors (Lipinski definition) is 0. The normalized spacial score (nSPS) is 9.09. The lowest BCUT2D eigenvalue weighted by Gasteiger charge is -1.96. The Balaban J connectivity index is 2.85. The second-order valence-corrected chi connectivity index (χ2v) is 2.01. The van der Waals surface area contributed by atoms with Crippen molar-refractivity contribution in [3.05, 3.63) is 36.7 Å². The molecule has 1 heterocycles. The summed E-state index contributed by atoms with van der Waals surface area (Å²) in [5.74, 6) is 0. The fourth-order valence-electron chi connectivity index (χ4n) is 0.743. The van der Waals surface area contributed by atoms with Gasteiger partial charge in [0, 0.05) is 6.20 Å². The van der Waals surface area contributed by atoms with Gasteiger partial charge in [-0.2, -0.15) is 5.26 Å². The van der Waals surface area contributed by atoms with Crippen LogP contribution in [0.1, 0.15) is 11.3 Å². The van der Waals surface area contributed by atoms with Crippen LogP contribution in [0, 0.1) is 18.4 Å². The van der Waals surface area contributed by atoms with Crippen molar-refractivity contribution in [2.75, 3.05) is 0 Å². The Morgan fingerprint density at radius 1 is 1.73 bits per heavy atom. The van der Waals surface area contributed by atoms with E-state index >= 15 is 0 Å². The van der Waals surface area contributed by atoms with Crippen LogP contribution in [0.25, 0.3) is 0 Å². The predicted octanol–water partition coefficient (Wildman–Crippen LogP) is 1.26. The second kappa shape index (κ2) is 3.69. The minimum absolute atomic E-state index is 0.402. The van der Waals surface area contributed by atoms with E-state index in [1.54, 1.807) is 18.3 Å². The number of rotatable bonds is 2. The molecule has 1 aromatic heterocycles. The van der Waals surface area contributed by atoms with Gasteiger partial charge in [-0.1, -0.05) is 0 Å². The Morgan fingerprint density at radius 3 is 3.18 bits per heavy atom. The van der Waals surface area contributed by atoms with Gasteiger partial charge in [0.05, 0.1) is 13.7 Å². The van der Waals surface area contributed by atoms with Gasteiger partial charge in [0.25, 0.3) is 0 Å². The number of nitriles is 1. The van der Waals surface area contributed by atoms with Gasteiger partial charge < -0.3 is 4.74 Å². The summed E-state index contributed by atoms with van der Waals surface area (Å²) in [6.07, 6.45) is 1.58. The van der Waals surface area contributed by atoms with Crippen LogP contribution in [0.5, 0.6) is 0 Å². The molecule has 0 saturated carbocycles. The minimum Gasteiger partial charge on any atom is -0.374 e. The van der Waals surface area contributed by atoms with E-state index < -0.39 is 0 Å². The fraction of sp³-hybridized carbons (Fsp3) is 0.125. The van der Waals surface area contributed by atoms with Gasteiger partial charge in [-0.05, 0) is 17.7 Å². The summed E-state index contributed by atoms with van der Waals surface area (Å²) in [7, 11) is 3.23. The third kappa shape index (κ3) is 2.03. The maximum absolute atomic E-state index is 8.46. The SMILES string of the molecule is [CH2]OCc1ccnc(C#N)c1. The summed E-state index contributed by atoms with van der Waals surface area (Å²) in [4.78, 5) is 3.80. The first-order chi connectivity index (χ1) is 5.36. The van der Waals surface area contributed by atoms with E-state index in [1.165, 1.54) is 0 Å². The topological polar surface area (TPSA) is 45.9 Å². The molecule has 0 aliphatic carbocycles. The predicted molar refractivity (Wildman–Crippen MR) is 39.1 cm³/mol. The number of ether oxygens (including phenoxy) is 1. The number of pyridine rings is 1. The molecule has 0 bridgehead atoms. The van der Waals surface area contributed by atoms with Gasteiger partial charge in [-0.15, -0.1) is 0 Å². The van der Waals surface area contributed by atoms with E-state index in [0.29, 0.717) is 12.3 Å². The summed E-state index contributed by atoms with van der Waals surface area (Å²) in [6.45, 7) is 0.414. The van der Waals surface area contributed by atoms with E-state index in [1.807, 2.05) is 6.07 Å². The highest BCUT2D eigenvalue weighted by molar-refractivity contribution is 5.24. The molecule has 0 spiro atoms. The maximum Gasteiger partial charge on any atom is 0.140 e. The van der Waals surface area contributed by atoms with E-state index in [9.17, 15) is 0 Å². The van der Waals surface area contributed by atoms with Crippen LogP contribution in [0.4, 0.5) is 0 Å². The zero-order chi connectivity index (χ0) is 8.10. The Labute approximate surface area is 65.3 Å². The zero-order valence-corrected chi connectivity index (χ0v) is 5.95. The van der Waals surface area contributed by atoms with Crippen molar-refractivity contribution in [1.29, 1.82) is 5.26 Å². The van der Waals surface area contributed by atoms with Crippen molar-refractivity contribution in [2.45, 2.75) is 6.61 Å². The maximum atomic E-state index is 8.46. The molecule has 55 valence electrons. The third-order valence-electron chi connectivity index (χ3n) is 1.21. The van der Waals surface area contributed by atoms with Gasteiger partial charge in [-0.25, -0.2) is 4.98 Å². The Hall–Kier alpha value is -1.40. The van der Waals surface area contributed by atoms with E-state index in [2.05, 4.69) is 16.8 Å². The lowest BCUT2D eigenvalue weighted by atomic mass is 10.2. The molecule has 0 fully saturated rings. The van der Waals surface area contributed by atoms with Crippen molar-refractivity contribution in [3.8, 4) is 6.07 Å². The van der Waals surface area contributed by atoms with E-state index in [4.69, 9.17) is 5.26 Å². The smallest absolute Gasteiger partial charge is 0.140 e. The van der Waals surface area contributed by atoms with E-state index in [0.717, 1.165) is 5.56 Å². The molecule has 0 N–H and O–H groups in total. The van der Waals surface area contributed by atoms with Crippen LogP contribution in [-0.4, -0.2) is 4.98 Å². The number of nitrogens with zero attached hydrogens (tertiary/aromatic N) is 2. The monoisotopic (exact) mass is 147 g/mol. The van der Waals surface area contributed by atoms with Crippen LogP contribution in [0.3, 0.4) is 0 Å². The number of aromatic nitrogens is 1. The first-order valence-electron chi connectivity index (χ1n) is 3.09. The van der Waals surface area contributed by atoms with Crippen LogP contribution in [0.15, 0.2) is 18.3 Å². The molecule has 1 aromatic rings. The molecule has 1 rings (SSSR count). The van der Waals surface area contributed by atoms with Crippen molar-refractivity contribution in [1.82, 2.24) is 4.98 Å². The van der Waals surface area contributed by atoms with Crippen molar-refractivity contribution >= 4 is 0 Å². The van der Waals surface area contributed by atoms with Crippen molar-refractivity contribution < 1.29 is 4.74 Å². The minimum atomic E-state index is 0.402. The molecule has 0 aromatic carbocycles. The van der Waals surface area contributed by atoms with Crippen LogP contribution in [0.2, 0.25) is 0 Å². The largest absolute Gasteiger partial charge is 0.374 e. The summed E-state index contributed by atoms with van der Waals surface area (Å²) in [6, 6.07) is 5.39. The first-order valence-corrected chi connectivity index (χ1v) is 3.09. The summed E-state index contributed by atoms with van der Waals surface area (Å²) >= 11 is 0. The van der Waals surface area contributed by atoms with Crippen molar-refractivity contribution in [3.63, 3.8) is 0 Å². The average Bonchev–Trinajstić information content (AvgIpc) is 2.06. The molecule has 0 atom stereocenters. The molecule has 3 heteroatoms. The molecule has 0 saturated heterocycles. The lowest BCUT2D eigenvalue weighted by Crippen LogP contribution is -1.88. The standard InChI is InChI=1S/C8H7N2O/c1-11-6-7-2-3-10-8(4-7)5-9/h2-4H,1,6H2. The average molecular weight is 147 g/mol. The molecule has 3 nitrogen and oxygen atoms in total. The molecule has 0 amide bonds. The highest BCUT2D eigenvalue weighted by Crippen LogP contribution is 2.01. The first kappa shape index (κ1) is 7.70. The van der Waals surface area contributed by atoms with E-state index in [-0.39, 0.29) is 0 Å². The van der Waals surface area contributed by atoms with Gasteiger partial charge in [0.1, 0.15) is 11.8 Å². The fourth-order valence-corrected chi connectivity index (χ4v) is 0.743. The van der Waals surface area contributed by atoms with Crippen LogP contribution < -0.4 is 0 Å². The number of hydrogen-bond acceptors (Lipinski definition) is 3. The van der Waals surface area contributed by atoms with Crippen LogP contribution >= 0.6 is 0 Å². The highest BCUT2D eigenvalue weighted by atomic mass is 16.5. The Bertz CT molecular complexity index is 278. The lowest BCUT2D eigenvalue weighted by molar-refractivity contribution is 0.229. The summed E-state index contributed by atoms with van der Waals surface area (Å²) < 4.78 is 4.64. The quantitative estimate of drug-likeness (QED) is 0.632. The van der Waals surface area contributed by atoms with Gasteiger partial charge in [0.2, 0.25) is 0 Å².